The minimum absolute atomic E-state index is 0.109. The van der Waals surface area contributed by atoms with Crippen molar-refractivity contribution >= 4 is 43.1 Å². The highest BCUT2D eigenvalue weighted by Crippen LogP contribution is 2.33. The predicted molar refractivity (Wildman–Crippen MR) is 169 cm³/mol. The molecular formula is C30H39N5O10S2. The summed E-state index contributed by atoms with van der Waals surface area (Å²) in [6, 6.07) is 12.9. The van der Waals surface area contributed by atoms with E-state index in [-0.39, 0.29) is 41.5 Å². The third-order valence-corrected chi connectivity index (χ3v) is 10.9. The second-order valence-corrected chi connectivity index (χ2v) is 15.7. The second-order valence-electron chi connectivity index (χ2n) is 12.1. The monoisotopic (exact) mass is 693 g/mol. The zero-order valence-electron chi connectivity index (χ0n) is 26.0. The Labute approximate surface area is 273 Å². The first-order valence-electron chi connectivity index (χ1n) is 15.5. The van der Waals surface area contributed by atoms with Crippen LogP contribution in [0.15, 0.2) is 53.4 Å². The van der Waals surface area contributed by atoms with Crippen molar-refractivity contribution in [2.45, 2.75) is 81.2 Å². The number of alkyl carbamates (subject to hydrolysis) is 1. The number of hydrogen-bond donors (Lipinski definition) is 3. The molecule has 17 heteroatoms. The molecule has 1 saturated carbocycles. The first-order valence-corrected chi connectivity index (χ1v) is 18.8. The number of aliphatic hydroxyl groups excluding tert-OH is 1. The van der Waals surface area contributed by atoms with E-state index in [1.165, 1.54) is 29.9 Å². The van der Waals surface area contributed by atoms with Gasteiger partial charge in [-0.2, -0.15) is 4.31 Å². The average molecular weight is 694 g/mol. The van der Waals surface area contributed by atoms with Gasteiger partial charge in [-0.25, -0.2) is 26.6 Å². The van der Waals surface area contributed by atoms with Crippen molar-refractivity contribution in [1.82, 2.24) is 19.3 Å². The maximum Gasteiger partial charge on any atom is 0.408 e. The third-order valence-electron chi connectivity index (χ3n) is 8.48. The molecule has 15 nitrogen and oxygen atoms in total. The van der Waals surface area contributed by atoms with Crippen LogP contribution in [0.5, 0.6) is 0 Å². The SMILES string of the molecule is C[C@@H](O)[C@@H](NC(=O)O[C@@H]1CO[C@@H]2OCC[C@@H]21)N(Cc1ccccc1)S(=O)(=O)c1ccc2nc(NS(C)(=O)=O)n(OC3CCCC3)c2c1. The molecule has 1 amide bonds. The average Bonchev–Trinajstić information content (AvgIpc) is 3.82. The number of nitrogens with zero attached hydrogens (tertiary/aromatic N) is 3. The van der Waals surface area contributed by atoms with Crippen LogP contribution in [-0.4, -0.2) is 92.3 Å². The topological polar surface area (TPSA) is 188 Å². The van der Waals surface area contributed by atoms with Crippen LogP contribution < -0.4 is 14.9 Å². The van der Waals surface area contributed by atoms with Gasteiger partial charge in [0.15, 0.2) is 6.29 Å². The van der Waals surface area contributed by atoms with Crippen LogP contribution >= 0.6 is 0 Å². The van der Waals surface area contributed by atoms with Gasteiger partial charge in [0.2, 0.25) is 20.0 Å². The molecule has 3 aliphatic rings. The molecule has 6 rings (SSSR count). The Morgan fingerprint density at radius 3 is 2.55 bits per heavy atom. The molecular weight excluding hydrogens is 654 g/mol. The lowest BCUT2D eigenvalue weighted by Gasteiger charge is -2.33. The number of benzene rings is 2. The predicted octanol–water partition coefficient (Wildman–Crippen LogP) is 2.16. The molecule has 0 bridgehead atoms. The number of hydrogen-bond acceptors (Lipinski definition) is 11. The van der Waals surface area contributed by atoms with Crippen molar-refractivity contribution in [1.29, 1.82) is 0 Å². The fourth-order valence-corrected chi connectivity index (χ4v) is 8.26. The van der Waals surface area contributed by atoms with Crippen molar-refractivity contribution in [3.8, 4) is 0 Å². The van der Waals surface area contributed by atoms with Crippen LogP contribution in [0.25, 0.3) is 11.0 Å². The van der Waals surface area contributed by atoms with Crippen LogP contribution in [0.3, 0.4) is 0 Å². The molecule has 3 heterocycles. The van der Waals surface area contributed by atoms with Crippen LogP contribution in [0.4, 0.5) is 10.7 Å². The lowest BCUT2D eigenvalue weighted by atomic mass is 10.0. The van der Waals surface area contributed by atoms with Crippen molar-refractivity contribution in [3.05, 3.63) is 54.1 Å². The van der Waals surface area contributed by atoms with Gasteiger partial charge in [0.25, 0.3) is 5.95 Å². The zero-order valence-corrected chi connectivity index (χ0v) is 27.7. The van der Waals surface area contributed by atoms with Gasteiger partial charge >= 0.3 is 6.09 Å². The largest absolute Gasteiger partial charge is 0.443 e. The molecule has 2 aliphatic heterocycles. The fraction of sp³-hybridized carbons (Fsp3) is 0.533. The summed E-state index contributed by atoms with van der Waals surface area (Å²) in [5, 5.41) is 13.5. The molecule has 1 aromatic heterocycles. The van der Waals surface area contributed by atoms with Gasteiger partial charge in [-0.1, -0.05) is 30.3 Å². The Morgan fingerprint density at radius 2 is 1.85 bits per heavy atom. The number of rotatable bonds is 12. The van der Waals surface area contributed by atoms with Crippen molar-refractivity contribution in [3.63, 3.8) is 0 Å². The normalized spacial score (nSPS) is 23.1. The summed E-state index contributed by atoms with van der Waals surface area (Å²) >= 11 is 0. The van der Waals surface area contributed by atoms with Gasteiger partial charge in [0.1, 0.15) is 23.9 Å². The third kappa shape index (κ3) is 7.49. The highest BCUT2D eigenvalue weighted by Gasteiger charge is 2.44. The van der Waals surface area contributed by atoms with Gasteiger partial charge in [0.05, 0.1) is 41.9 Å². The van der Waals surface area contributed by atoms with Gasteiger partial charge in [0, 0.05) is 6.54 Å². The van der Waals surface area contributed by atoms with E-state index >= 15 is 0 Å². The zero-order chi connectivity index (χ0) is 33.3. The Balaban J connectivity index is 1.35. The fourth-order valence-electron chi connectivity index (χ4n) is 6.18. The smallest absolute Gasteiger partial charge is 0.408 e. The molecule has 3 aromatic rings. The van der Waals surface area contributed by atoms with Crippen molar-refractivity contribution in [2.75, 3.05) is 24.2 Å². The molecule has 1 aliphatic carbocycles. The Hall–Kier alpha value is -3.48. The van der Waals surface area contributed by atoms with E-state index in [2.05, 4.69) is 15.0 Å². The Bertz CT molecular complexity index is 1800. The van der Waals surface area contributed by atoms with E-state index in [1.54, 1.807) is 30.3 Å². The van der Waals surface area contributed by atoms with Gasteiger partial charge < -0.3 is 29.5 Å². The standard InChI is InChI=1S/C30H39N5O10S2/c1-19(36)27(32-30(37)44-26-18-43-28-23(26)14-15-42-28)34(17-20-8-4-3-5-9-20)47(40,41)22-12-13-24-25(16-22)35(45-21-10-6-7-11-21)29(31-24)33-46(2,38)39/h3-5,8-9,12-13,16,19,21,23,26-28,36H,6-7,10-11,14-15,17-18H2,1-2H3,(H,31,33)(H,32,37)/t19-,23-,26-,27+,28+/m1/s1. The summed E-state index contributed by atoms with van der Waals surface area (Å²) < 4.78 is 74.5. The number of aromatic nitrogens is 2. The summed E-state index contributed by atoms with van der Waals surface area (Å²) in [5.41, 5.74) is 1.12. The van der Waals surface area contributed by atoms with Gasteiger partial charge in [-0.05, 0) is 62.8 Å². The maximum absolute atomic E-state index is 14.5. The molecule has 2 aromatic carbocycles. The number of amides is 1. The molecule has 2 saturated heterocycles. The lowest BCUT2D eigenvalue weighted by Crippen LogP contribution is -2.56. The van der Waals surface area contributed by atoms with Crippen molar-refractivity contribution in [2.24, 2.45) is 5.92 Å². The summed E-state index contributed by atoms with van der Waals surface area (Å²) in [6.07, 6.45) is 0.0435. The maximum atomic E-state index is 14.5. The molecule has 5 atom stereocenters. The molecule has 0 spiro atoms. The number of anilines is 1. The Morgan fingerprint density at radius 1 is 1.11 bits per heavy atom. The molecule has 47 heavy (non-hydrogen) atoms. The summed E-state index contributed by atoms with van der Waals surface area (Å²) in [5.74, 6) is -0.248. The van der Waals surface area contributed by atoms with Crippen LogP contribution in [0.2, 0.25) is 0 Å². The van der Waals surface area contributed by atoms with Crippen LogP contribution in [0, 0.1) is 5.92 Å². The van der Waals surface area contributed by atoms with E-state index in [0.717, 1.165) is 36.2 Å². The number of imidazole rings is 1. The number of carbonyl (C=O) groups is 1. The number of fused-ring (bicyclic) bond motifs is 2. The first kappa shape index (κ1) is 33.4. The van der Waals surface area contributed by atoms with Crippen LogP contribution in [-0.2, 0) is 40.8 Å². The highest BCUT2D eigenvalue weighted by molar-refractivity contribution is 7.92. The molecule has 0 radical (unpaired) electrons. The lowest BCUT2D eigenvalue weighted by molar-refractivity contribution is -0.0907. The van der Waals surface area contributed by atoms with E-state index in [4.69, 9.17) is 19.0 Å². The number of carbonyl (C=O) groups excluding carboxylic acids is 1. The minimum atomic E-state index is -4.47. The number of aliphatic hydroxyl groups is 1. The molecule has 0 unspecified atom stereocenters. The molecule has 3 fully saturated rings. The Kier molecular flexibility index (Phi) is 9.64. The molecule has 3 N–H and O–H groups in total. The molecule has 256 valence electrons. The van der Waals surface area contributed by atoms with Gasteiger partial charge in [-0.15, -0.1) is 4.73 Å². The van der Waals surface area contributed by atoms with E-state index < -0.39 is 50.8 Å². The second kappa shape index (κ2) is 13.6. The summed E-state index contributed by atoms with van der Waals surface area (Å²) in [7, 11) is -8.22. The minimum Gasteiger partial charge on any atom is -0.443 e. The highest BCUT2D eigenvalue weighted by atomic mass is 32.2. The summed E-state index contributed by atoms with van der Waals surface area (Å²) in [6.45, 7) is 1.79. The van der Waals surface area contributed by atoms with Gasteiger partial charge in [-0.3, -0.25) is 4.72 Å². The van der Waals surface area contributed by atoms with E-state index in [9.17, 15) is 26.7 Å². The summed E-state index contributed by atoms with van der Waals surface area (Å²) in [4.78, 5) is 23.5. The quantitative estimate of drug-likeness (QED) is 0.236. The van der Waals surface area contributed by atoms with E-state index in [1.807, 2.05) is 0 Å². The number of ether oxygens (including phenoxy) is 3. The first-order chi connectivity index (χ1) is 22.4. The van der Waals surface area contributed by atoms with Crippen LogP contribution in [0.1, 0.15) is 44.6 Å². The number of sulfonamides is 2. The van der Waals surface area contributed by atoms with Crippen molar-refractivity contribution < 1.29 is 45.8 Å². The number of nitrogens with one attached hydrogen (secondary N) is 2. The van der Waals surface area contributed by atoms with E-state index in [0.29, 0.717) is 24.1 Å².